The fourth-order valence-corrected chi connectivity index (χ4v) is 1.67. The van der Waals surface area contributed by atoms with Gasteiger partial charge in [-0.25, -0.2) is 4.79 Å². The smallest absolute Gasteiger partial charge is 0.438 e. The highest BCUT2D eigenvalue weighted by molar-refractivity contribution is 5.59. The van der Waals surface area contributed by atoms with E-state index in [-0.39, 0.29) is 0 Å². The Bertz CT molecular complexity index is 139. The molecule has 0 amide bonds. The molecule has 0 heterocycles. The summed E-state index contributed by atoms with van der Waals surface area (Å²) in [6.45, 7) is 0.511. The Hall–Kier alpha value is -0.730. The van der Waals surface area contributed by atoms with Gasteiger partial charge in [-0.15, -0.1) is 0 Å². The van der Waals surface area contributed by atoms with E-state index in [1.54, 1.807) is 0 Å². The van der Waals surface area contributed by atoms with E-state index in [1.807, 2.05) is 0 Å². The molecule has 3 nitrogen and oxygen atoms in total. The van der Waals surface area contributed by atoms with Crippen molar-refractivity contribution in [3.63, 3.8) is 0 Å². The van der Waals surface area contributed by atoms with E-state index in [0.717, 1.165) is 12.3 Å². The molecule has 0 radical (unpaired) electrons. The average molecular weight is 172 g/mol. The summed E-state index contributed by atoms with van der Waals surface area (Å²) in [6, 6.07) is 0. The maximum atomic E-state index is 10.5. The fourth-order valence-electron chi connectivity index (χ4n) is 1.67. The number of rotatable bonds is 3. The molecule has 70 valence electrons. The van der Waals surface area contributed by atoms with Gasteiger partial charge in [0.2, 0.25) is 0 Å². The molecule has 12 heavy (non-hydrogen) atoms. The molecule has 1 aliphatic rings. The number of carbonyl (C=O) groups is 1. The summed E-state index contributed by atoms with van der Waals surface area (Å²) >= 11 is 0. The van der Waals surface area contributed by atoms with Crippen molar-refractivity contribution in [3.8, 4) is 0 Å². The number of hydrogen-bond donors (Lipinski definition) is 0. The Morgan fingerprint density at radius 1 is 1.42 bits per heavy atom. The van der Waals surface area contributed by atoms with Crippen LogP contribution < -0.4 is 0 Å². The van der Waals surface area contributed by atoms with Gasteiger partial charge in [0.25, 0.3) is 0 Å². The van der Waals surface area contributed by atoms with Gasteiger partial charge in [0.15, 0.2) is 0 Å². The predicted molar refractivity (Wildman–Crippen MR) is 44.9 cm³/mol. The minimum atomic E-state index is -0.562. The number of ether oxygens (including phenoxy) is 2. The topological polar surface area (TPSA) is 35.5 Å². The summed E-state index contributed by atoms with van der Waals surface area (Å²) in [4.78, 5) is 10.5. The molecule has 1 fully saturated rings. The predicted octanol–water partition coefficient (Wildman–Crippen LogP) is 2.35. The van der Waals surface area contributed by atoms with E-state index < -0.39 is 6.16 Å². The molecule has 0 spiro atoms. The van der Waals surface area contributed by atoms with Crippen molar-refractivity contribution in [1.29, 1.82) is 0 Å². The van der Waals surface area contributed by atoms with Crippen molar-refractivity contribution in [2.24, 2.45) is 5.92 Å². The molecule has 3 heteroatoms. The van der Waals surface area contributed by atoms with Crippen molar-refractivity contribution in [1.82, 2.24) is 0 Å². The van der Waals surface area contributed by atoms with Crippen LogP contribution in [0.1, 0.15) is 32.1 Å². The Balaban J connectivity index is 1.97. The minimum Gasteiger partial charge on any atom is -0.438 e. The third-order valence-electron chi connectivity index (χ3n) is 2.39. The summed E-state index contributed by atoms with van der Waals surface area (Å²) in [6.07, 6.45) is 5.70. The second kappa shape index (κ2) is 5.01. The first kappa shape index (κ1) is 9.36. The highest BCUT2D eigenvalue weighted by Crippen LogP contribution is 2.27. The van der Waals surface area contributed by atoms with Crippen LogP contribution in [0.15, 0.2) is 0 Å². The molecule has 0 bridgehead atoms. The van der Waals surface area contributed by atoms with Crippen LogP contribution in [0.25, 0.3) is 0 Å². The molecule has 0 saturated heterocycles. The Morgan fingerprint density at radius 3 is 2.67 bits per heavy atom. The molecule has 0 aliphatic heterocycles. The van der Waals surface area contributed by atoms with Crippen molar-refractivity contribution in [2.45, 2.75) is 32.1 Å². The number of carbonyl (C=O) groups excluding carboxylic acids is 1. The number of methoxy groups -OCH3 is 1. The first-order valence-corrected chi connectivity index (χ1v) is 4.53. The number of hydrogen-bond acceptors (Lipinski definition) is 3. The van der Waals surface area contributed by atoms with Crippen molar-refractivity contribution in [2.75, 3.05) is 13.7 Å². The third-order valence-corrected chi connectivity index (χ3v) is 2.39. The normalized spacial score (nSPS) is 17.8. The van der Waals surface area contributed by atoms with Crippen LogP contribution in [0.3, 0.4) is 0 Å². The molecule has 1 aliphatic carbocycles. The molecule has 0 atom stereocenters. The van der Waals surface area contributed by atoms with Crippen LogP contribution in [-0.4, -0.2) is 19.9 Å². The van der Waals surface area contributed by atoms with E-state index in [9.17, 15) is 4.79 Å². The molecular formula is C9H16O3. The molecule has 1 rings (SSSR count). The lowest BCUT2D eigenvalue weighted by molar-refractivity contribution is 0.0684. The van der Waals surface area contributed by atoms with Gasteiger partial charge >= 0.3 is 6.16 Å². The molecule has 0 N–H and O–H groups in total. The van der Waals surface area contributed by atoms with Crippen LogP contribution in [0, 0.1) is 5.92 Å². The van der Waals surface area contributed by atoms with Gasteiger partial charge in [0, 0.05) is 0 Å². The lowest BCUT2D eigenvalue weighted by Gasteiger charge is -2.07. The zero-order valence-corrected chi connectivity index (χ0v) is 7.54. The van der Waals surface area contributed by atoms with Crippen molar-refractivity contribution < 1.29 is 14.3 Å². The van der Waals surface area contributed by atoms with E-state index in [0.29, 0.717) is 6.61 Å². The summed E-state index contributed by atoms with van der Waals surface area (Å²) < 4.78 is 9.15. The SMILES string of the molecule is COC(=O)OCCC1CCCC1. The van der Waals surface area contributed by atoms with Gasteiger partial charge in [-0.3, -0.25) is 0 Å². The third kappa shape index (κ3) is 3.11. The fraction of sp³-hybridized carbons (Fsp3) is 0.889. The Kier molecular flexibility index (Phi) is 3.91. The summed E-state index contributed by atoms with van der Waals surface area (Å²) in [5.41, 5.74) is 0. The first-order valence-electron chi connectivity index (χ1n) is 4.53. The molecule has 0 unspecified atom stereocenters. The molecule has 1 saturated carbocycles. The van der Waals surface area contributed by atoms with E-state index in [2.05, 4.69) is 4.74 Å². The van der Waals surface area contributed by atoms with Gasteiger partial charge in [-0.1, -0.05) is 25.7 Å². The van der Waals surface area contributed by atoms with Crippen LogP contribution in [0.5, 0.6) is 0 Å². The highest BCUT2D eigenvalue weighted by Gasteiger charge is 2.15. The maximum absolute atomic E-state index is 10.5. The van der Waals surface area contributed by atoms with Crippen LogP contribution in [0.2, 0.25) is 0 Å². The summed E-state index contributed by atoms with van der Waals surface area (Å²) in [5, 5.41) is 0. The van der Waals surface area contributed by atoms with Gasteiger partial charge < -0.3 is 9.47 Å². The summed E-state index contributed by atoms with van der Waals surface area (Å²) in [5.74, 6) is 0.773. The first-order chi connectivity index (χ1) is 5.83. The zero-order chi connectivity index (χ0) is 8.81. The zero-order valence-electron chi connectivity index (χ0n) is 7.54. The quantitative estimate of drug-likeness (QED) is 0.613. The minimum absolute atomic E-state index is 0.511. The Labute approximate surface area is 73.0 Å². The van der Waals surface area contributed by atoms with Gasteiger partial charge in [-0.05, 0) is 12.3 Å². The summed E-state index contributed by atoms with van der Waals surface area (Å²) in [7, 11) is 1.33. The van der Waals surface area contributed by atoms with Crippen LogP contribution >= 0.6 is 0 Å². The lowest BCUT2D eigenvalue weighted by Crippen LogP contribution is -2.08. The molecular weight excluding hydrogens is 156 g/mol. The maximum Gasteiger partial charge on any atom is 0.507 e. The van der Waals surface area contributed by atoms with Crippen LogP contribution in [0.4, 0.5) is 4.79 Å². The molecule has 0 aromatic carbocycles. The lowest BCUT2D eigenvalue weighted by atomic mass is 10.1. The molecule has 0 aromatic heterocycles. The monoisotopic (exact) mass is 172 g/mol. The van der Waals surface area contributed by atoms with Gasteiger partial charge in [0.1, 0.15) is 0 Å². The van der Waals surface area contributed by atoms with Gasteiger partial charge in [0.05, 0.1) is 13.7 Å². The van der Waals surface area contributed by atoms with E-state index in [4.69, 9.17) is 4.74 Å². The second-order valence-electron chi connectivity index (χ2n) is 3.24. The van der Waals surface area contributed by atoms with Gasteiger partial charge in [-0.2, -0.15) is 0 Å². The van der Waals surface area contributed by atoms with Crippen molar-refractivity contribution >= 4 is 6.16 Å². The largest absolute Gasteiger partial charge is 0.507 e. The molecule has 0 aromatic rings. The highest BCUT2D eigenvalue weighted by atomic mass is 16.7. The average Bonchev–Trinajstić information content (AvgIpc) is 2.57. The second-order valence-corrected chi connectivity index (χ2v) is 3.24. The van der Waals surface area contributed by atoms with Crippen molar-refractivity contribution in [3.05, 3.63) is 0 Å². The van der Waals surface area contributed by atoms with E-state index in [1.165, 1.54) is 32.8 Å². The Morgan fingerprint density at radius 2 is 2.08 bits per heavy atom. The van der Waals surface area contributed by atoms with Crippen LogP contribution in [-0.2, 0) is 9.47 Å². The standard InChI is InChI=1S/C9H16O3/c1-11-9(10)12-7-6-8-4-2-3-5-8/h8H,2-7H2,1H3. The van der Waals surface area contributed by atoms with E-state index >= 15 is 0 Å².